The number of benzene rings is 1. The first-order valence-electron chi connectivity index (χ1n) is 4.62. The van der Waals surface area contributed by atoms with E-state index in [1.54, 1.807) is 16.7 Å². The molecule has 2 aromatic rings. The van der Waals surface area contributed by atoms with Crippen molar-refractivity contribution in [2.75, 3.05) is 0 Å². The van der Waals surface area contributed by atoms with Gasteiger partial charge in [-0.1, -0.05) is 23.2 Å². The van der Waals surface area contributed by atoms with Crippen molar-refractivity contribution >= 4 is 39.1 Å². The minimum absolute atomic E-state index is 0.341. The molecule has 0 fully saturated rings. The Balaban J connectivity index is 2.61. The van der Waals surface area contributed by atoms with Gasteiger partial charge in [0.05, 0.1) is 10.0 Å². The summed E-state index contributed by atoms with van der Waals surface area (Å²) < 4.78 is 2.42. The highest BCUT2D eigenvalue weighted by Crippen LogP contribution is 2.30. The predicted molar refractivity (Wildman–Crippen MR) is 71.1 cm³/mol. The Morgan fingerprint density at radius 2 is 2.06 bits per heavy atom. The number of imidazole rings is 1. The van der Waals surface area contributed by atoms with E-state index in [1.165, 1.54) is 0 Å². The van der Waals surface area contributed by atoms with Crippen molar-refractivity contribution in [2.45, 2.75) is 0 Å². The van der Waals surface area contributed by atoms with Crippen LogP contribution >= 0.6 is 39.1 Å². The third kappa shape index (κ3) is 2.19. The lowest BCUT2D eigenvalue weighted by Gasteiger charge is -2.03. The number of aromatic nitrogens is 2. The van der Waals surface area contributed by atoms with E-state index >= 15 is 0 Å². The number of hydrogen-bond acceptors (Lipinski definition) is 2. The molecule has 2 rings (SSSR count). The molecule has 0 N–H and O–H groups in total. The summed E-state index contributed by atoms with van der Waals surface area (Å²) in [4.78, 5) is 4.22. The van der Waals surface area contributed by atoms with Crippen LogP contribution in [0.2, 0.25) is 10.0 Å². The molecule has 6 heteroatoms. The summed E-state index contributed by atoms with van der Waals surface area (Å²) in [5.74, 6) is 0.659. The van der Waals surface area contributed by atoms with Crippen molar-refractivity contribution in [1.82, 2.24) is 9.55 Å². The van der Waals surface area contributed by atoms with Crippen LogP contribution in [-0.4, -0.2) is 9.55 Å². The minimum Gasteiger partial charge on any atom is -0.321 e. The van der Waals surface area contributed by atoms with E-state index in [-0.39, 0.29) is 0 Å². The second-order valence-electron chi connectivity index (χ2n) is 3.37. The Morgan fingerprint density at radius 1 is 1.35 bits per heavy atom. The lowest BCUT2D eigenvalue weighted by molar-refractivity contribution is 0.901. The second-order valence-corrected chi connectivity index (χ2v) is 4.94. The summed E-state index contributed by atoms with van der Waals surface area (Å²) in [6.07, 6.45) is 0. The molecule has 0 aliphatic rings. The normalized spacial score (nSPS) is 10.3. The fraction of sp³-hybridized carbons (Fsp3) is 0.0909. The molecule has 0 radical (unpaired) electrons. The van der Waals surface area contributed by atoms with E-state index in [9.17, 15) is 0 Å². The highest BCUT2D eigenvalue weighted by molar-refractivity contribution is 9.10. The average molecular weight is 331 g/mol. The standard InChI is InChI=1S/C11H6BrCl2N3/c1-17-10(12)9(5-15)16-11(17)6-2-3-7(13)8(14)4-6/h2-4H,1H3. The highest BCUT2D eigenvalue weighted by atomic mass is 79.9. The Morgan fingerprint density at radius 3 is 2.59 bits per heavy atom. The van der Waals surface area contributed by atoms with Gasteiger partial charge in [0.25, 0.3) is 0 Å². The Bertz CT molecular complexity index is 628. The van der Waals surface area contributed by atoms with Crippen LogP contribution in [0.1, 0.15) is 5.69 Å². The molecule has 0 saturated heterocycles. The van der Waals surface area contributed by atoms with Crippen molar-refractivity contribution < 1.29 is 0 Å². The molecule has 0 saturated carbocycles. The summed E-state index contributed by atoms with van der Waals surface area (Å²) in [5.41, 5.74) is 1.15. The number of halogens is 3. The zero-order valence-electron chi connectivity index (χ0n) is 8.71. The number of nitriles is 1. The van der Waals surface area contributed by atoms with Gasteiger partial charge in [0, 0.05) is 12.6 Å². The zero-order chi connectivity index (χ0) is 12.6. The maximum absolute atomic E-state index is 8.90. The average Bonchev–Trinajstić information content (AvgIpc) is 2.60. The predicted octanol–water partition coefficient (Wildman–Crippen LogP) is 4.03. The topological polar surface area (TPSA) is 41.6 Å². The summed E-state index contributed by atoms with van der Waals surface area (Å²) in [5, 5.41) is 9.85. The van der Waals surface area contributed by atoms with Crippen LogP contribution in [-0.2, 0) is 7.05 Å². The van der Waals surface area contributed by atoms with E-state index in [2.05, 4.69) is 20.9 Å². The molecule has 86 valence electrons. The maximum Gasteiger partial charge on any atom is 0.173 e. The van der Waals surface area contributed by atoms with Crippen LogP contribution in [0.15, 0.2) is 22.8 Å². The first-order valence-corrected chi connectivity index (χ1v) is 6.17. The van der Waals surface area contributed by atoms with Gasteiger partial charge in [-0.25, -0.2) is 4.98 Å². The fourth-order valence-corrected chi connectivity index (χ4v) is 2.09. The molecule has 3 nitrogen and oxygen atoms in total. The van der Waals surface area contributed by atoms with Gasteiger partial charge in [0.2, 0.25) is 0 Å². The largest absolute Gasteiger partial charge is 0.321 e. The summed E-state index contributed by atoms with van der Waals surface area (Å²) in [7, 11) is 1.82. The molecule has 1 aromatic carbocycles. The minimum atomic E-state index is 0.341. The molecular formula is C11H6BrCl2N3. The summed E-state index contributed by atoms with van der Waals surface area (Å²) in [6, 6.07) is 7.25. The van der Waals surface area contributed by atoms with Gasteiger partial charge in [0.15, 0.2) is 5.69 Å². The van der Waals surface area contributed by atoms with E-state index in [4.69, 9.17) is 28.5 Å². The highest BCUT2D eigenvalue weighted by Gasteiger charge is 2.14. The summed E-state index contributed by atoms with van der Waals surface area (Å²) >= 11 is 15.1. The van der Waals surface area contributed by atoms with E-state index < -0.39 is 0 Å². The molecule has 0 atom stereocenters. The Kier molecular flexibility index (Phi) is 3.43. The van der Waals surface area contributed by atoms with Crippen LogP contribution in [0.25, 0.3) is 11.4 Å². The van der Waals surface area contributed by atoms with Crippen molar-refractivity contribution in [2.24, 2.45) is 7.05 Å². The molecule has 0 amide bonds. The number of hydrogen-bond donors (Lipinski definition) is 0. The third-order valence-electron chi connectivity index (χ3n) is 2.31. The molecule has 0 spiro atoms. The van der Waals surface area contributed by atoms with Gasteiger partial charge in [-0.2, -0.15) is 5.26 Å². The molecule has 0 aliphatic carbocycles. The van der Waals surface area contributed by atoms with Gasteiger partial charge in [0.1, 0.15) is 16.5 Å². The van der Waals surface area contributed by atoms with Crippen LogP contribution in [0.5, 0.6) is 0 Å². The monoisotopic (exact) mass is 329 g/mol. The zero-order valence-corrected chi connectivity index (χ0v) is 11.8. The Hall–Kier alpha value is -1.02. The molecule has 1 heterocycles. The maximum atomic E-state index is 8.90. The van der Waals surface area contributed by atoms with E-state index in [0.717, 1.165) is 5.56 Å². The quantitative estimate of drug-likeness (QED) is 0.792. The van der Waals surface area contributed by atoms with E-state index in [1.807, 2.05) is 19.2 Å². The summed E-state index contributed by atoms with van der Waals surface area (Å²) in [6.45, 7) is 0. The van der Waals surface area contributed by atoms with Gasteiger partial charge < -0.3 is 4.57 Å². The smallest absolute Gasteiger partial charge is 0.173 e. The number of rotatable bonds is 1. The SMILES string of the molecule is Cn1c(-c2ccc(Cl)c(Cl)c2)nc(C#N)c1Br. The molecular weight excluding hydrogens is 325 g/mol. The molecule has 0 bridgehead atoms. The van der Waals surface area contributed by atoms with Crippen molar-refractivity contribution in [3.8, 4) is 17.5 Å². The molecule has 17 heavy (non-hydrogen) atoms. The van der Waals surface area contributed by atoms with Crippen molar-refractivity contribution in [1.29, 1.82) is 5.26 Å². The first kappa shape index (κ1) is 12.4. The van der Waals surface area contributed by atoms with Crippen LogP contribution < -0.4 is 0 Å². The molecule has 0 unspecified atom stereocenters. The van der Waals surface area contributed by atoms with Gasteiger partial charge in [-0.3, -0.25) is 0 Å². The molecule has 0 aliphatic heterocycles. The fourth-order valence-electron chi connectivity index (χ4n) is 1.44. The van der Waals surface area contributed by atoms with Gasteiger partial charge in [-0.15, -0.1) is 0 Å². The van der Waals surface area contributed by atoms with Crippen molar-refractivity contribution in [3.05, 3.63) is 38.5 Å². The van der Waals surface area contributed by atoms with Crippen molar-refractivity contribution in [3.63, 3.8) is 0 Å². The van der Waals surface area contributed by atoms with Gasteiger partial charge in [-0.05, 0) is 34.1 Å². The third-order valence-corrected chi connectivity index (χ3v) is 3.96. The number of nitrogens with zero attached hydrogens (tertiary/aromatic N) is 3. The lowest BCUT2D eigenvalue weighted by Crippen LogP contribution is -1.92. The van der Waals surface area contributed by atoms with Crippen LogP contribution in [0, 0.1) is 11.3 Å². The van der Waals surface area contributed by atoms with E-state index in [0.29, 0.717) is 26.2 Å². The van der Waals surface area contributed by atoms with Gasteiger partial charge >= 0.3 is 0 Å². The second kappa shape index (κ2) is 4.69. The molecule has 1 aromatic heterocycles. The van der Waals surface area contributed by atoms with Crippen LogP contribution in [0.3, 0.4) is 0 Å². The van der Waals surface area contributed by atoms with Crippen LogP contribution in [0.4, 0.5) is 0 Å². The Labute approximate surface area is 117 Å². The first-order chi connectivity index (χ1) is 8.04. The lowest BCUT2D eigenvalue weighted by atomic mass is 10.2.